The van der Waals surface area contributed by atoms with Crippen molar-refractivity contribution in [2.75, 3.05) is 11.8 Å². The van der Waals surface area contributed by atoms with E-state index in [9.17, 15) is 13.5 Å². The van der Waals surface area contributed by atoms with Gasteiger partial charge in [0, 0.05) is 5.69 Å². The molecule has 0 heterocycles. The van der Waals surface area contributed by atoms with Gasteiger partial charge < -0.3 is 9.84 Å². The Balaban J connectivity index is 2.40. The van der Waals surface area contributed by atoms with Gasteiger partial charge >= 0.3 is 0 Å². The highest BCUT2D eigenvalue weighted by Crippen LogP contribution is 2.27. The van der Waals surface area contributed by atoms with Crippen molar-refractivity contribution in [2.24, 2.45) is 0 Å². The van der Waals surface area contributed by atoms with Crippen LogP contribution in [-0.2, 0) is 10.0 Å². The maximum absolute atomic E-state index is 12.4. The maximum Gasteiger partial charge on any atom is 0.265 e. The molecule has 6 heteroatoms. The van der Waals surface area contributed by atoms with Crippen molar-refractivity contribution in [1.82, 2.24) is 0 Å². The van der Waals surface area contributed by atoms with Gasteiger partial charge in [-0.05, 0) is 48.9 Å². The van der Waals surface area contributed by atoms with Crippen LogP contribution in [0.25, 0.3) is 0 Å². The lowest BCUT2D eigenvalue weighted by atomic mass is 10.2. The second kappa shape index (κ2) is 5.42. The quantitative estimate of drug-likeness (QED) is 0.849. The van der Waals surface area contributed by atoms with E-state index >= 15 is 0 Å². The van der Waals surface area contributed by atoms with Crippen molar-refractivity contribution in [3.8, 4) is 11.5 Å². The number of ether oxygens (including phenoxy) is 1. The Morgan fingerprint density at radius 1 is 1.10 bits per heavy atom. The number of methoxy groups -OCH3 is 1. The van der Waals surface area contributed by atoms with Gasteiger partial charge in [-0.1, -0.05) is 6.07 Å². The average Bonchev–Trinajstić information content (AvgIpc) is 2.41. The number of hydrogen-bond donors (Lipinski definition) is 2. The number of hydrogen-bond acceptors (Lipinski definition) is 4. The second-order valence-corrected chi connectivity index (χ2v) is 5.96. The first-order chi connectivity index (χ1) is 9.42. The van der Waals surface area contributed by atoms with E-state index in [0.717, 1.165) is 5.56 Å². The first-order valence-corrected chi connectivity index (χ1v) is 7.37. The van der Waals surface area contributed by atoms with E-state index in [2.05, 4.69) is 4.72 Å². The van der Waals surface area contributed by atoms with Crippen LogP contribution in [0.1, 0.15) is 5.56 Å². The van der Waals surface area contributed by atoms with Gasteiger partial charge in [-0.3, -0.25) is 4.72 Å². The lowest BCUT2D eigenvalue weighted by Gasteiger charge is -2.12. The Kier molecular flexibility index (Phi) is 3.85. The standard InChI is InChI=1S/C14H15NO4S/c1-10-3-8-13(19-2)14(9-10)20(17,18)15-11-4-6-12(16)7-5-11/h3-9,15-16H,1-2H3. The summed E-state index contributed by atoms with van der Waals surface area (Å²) in [6.07, 6.45) is 0. The Bertz CT molecular complexity index is 708. The molecule has 0 saturated heterocycles. The van der Waals surface area contributed by atoms with E-state index in [0.29, 0.717) is 5.69 Å². The van der Waals surface area contributed by atoms with E-state index in [1.807, 2.05) is 0 Å². The second-order valence-electron chi connectivity index (χ2n) is 4.31. The highest BCUT2D eigenvalue weighted by molar-refractivity contribution is 7.92. The molecular formula is C14H15NO4S. The fourth-order valence-corrected chi connectivity index (χ4v) is 3.05. The molecular weight excluding hydrogens is 278 g/mol. The molecule has 0 aliphatic carbocycles. The lowest BCUT2D eigenvalue weighted by Crippen LogP contribution is -2.14. The zero-order chi connectivity index (χ0) is 14.8. The number of aromatic hydroxyl groups is 1. The minimum atomic E-state index is -3.75. The van der Waals surface area contributed by atoms with E-state index in [4.69, 9.17) is 4.74 Å². The Morgan fingerprint density at radius 2 is 1.75 bits per heavy atom. The third-order valence-corrected chi connectivity index (χ3v) is 4.13. The summed E-state index contributed by atoms with van der Waals surface area (Å²) in [6.45, 7) is 1.80. The highest BCUT2D eigenvalue weighted by Gasteiger charge is 2.19. The molecule has 5 nitrogen and oxygen atoms in total. The van der Waals surface area contributed by atoms with Gasteiger partial charge in [0.1, 0.15) is 16.4 Å². The fourth-order valence-electron chi connectivity index (χ4n) is 1.73. The molecule has 0 spiro atoms. The normalized spacial score (nSPS) is 11.1. The zero-order valence-electron chi connectivity index (χ0n) is 11.1. The molecule has 0 fully saturated rings. The molecule has 0 aromatic heterocycles. The molecule has 20 heavy (non-hydrogen) atoms. The SMILES string of the molecule is COc1ccc(C)cc1S(=O)(=O)Nc1ccc(O)cc1. The van der Waals surface area contributed by atoms with E-state index in [-0.39, 0.29) is 16.4 Å². The molecule has 0 aliphatic heterocycles. The number of sulfonamides is 1. The van der Waals surface area contributed by atoms with Crippen LogP contribution in [0.15, 0.2) is 47.4 Å². The molecule has 2 N–H and O–H groups in total. The molecule has 0 unspecified atom stereocenters. The van der Waals surface area contributed by atoms with E-state index in [1.165, 1.54) is 31.4 Å². The Labute approximate surface area is 117 Å². The minimum Gasteiger partial charge on any atom is -0.508 e. The summed E-state index contributed by atoms with van der Waals surface area (Å²) >= 11 is 0. The van der Waals surface area contributed by atoms with Crippen molar-refractivity contribution >= 4 is 15.7 Å². The van der Waals surface area contributed by atoms with Gasteiger partial charge in [-0.2, -0.15) is 0 Å². The molecule has 0 atom stereocenters. The van der Waals surface area contributed by atoms with Crippen LogP contribution in [0.5, 0.6) is 11.5 Å². The first-order valence-electron chi connectivity index (χ1n) is 5.89. The number of phenolic OH excluding ortho intramolecular Hbond substituents is 1. The van der Waals surface area contributed by atoms with Gasteiger partial charge in [-0.25, -0.2) is 8.42 Å². The summed E-state index contributed by atoms with van der Waals surface area (Å²) in [4.78, 5) is 0.0769. The van der Waals surface area contributed by atoms with Gasteiger partial charge in [0.25, 0.3) is 10.0 Å². The summed E-state index contributed by atoms with van der Waals surface area (Å²) < 4.78 is 32.3. The monoisotopic (exact) mass is 293 g/mol. The molecule has 2 aromatic carbocycles. The van der Waals surface area contributed by atoms with Gasteiger partial charge in [0.2, 0.25) is 0 Å². The maximum atomic E-state index is 12.4. The van der Waals surface area contributed by atoms with Crippen molar-refractivity contribution in [3.05, 3.63) is 48.0 Å². The van der Waals surface area contributed by atoms with Crippen LogP contribution >= 0.6 is 0 Å². The number of benzene rings is 2. The predicted octanol–water partition coefficient (Wildman–Crippen LogP) is 2.51. The number of anilines is 1. The van der Waals surface area contributed by atoms with Gasteiger partial charge in [0.05, 0.1) is 7.11 Å². The lowest BCUT2D eigenvalue weighted by molar-refractivity contribution is 0.402. The molecule has 0 saturated carbocycles. The van der Waals surface area contributed by atoms with Crippen LogP contribution in [0.4, 0.5) is 5.69 Å². The van der Waals surface area contributed by atoms with Crippen LogP contribution in [0.2, 0.25) is 0 Å². The third kappa shape index (κ3) is 3.03. The first kappa shape index (κ1) is 14.2. The highest BCUT2D eigenvalue weighted by atomic mass is 32.2. The van der Waals surface area contributed by atoms with Gasteiger partial charge in [-0.15, -0.1) is 0 Å². The van der Waals surface area contributed by atoms with Crippen LogP contribution in [0, 0.1) is 6.92 Å². The van der Waals surface area contributed by atoms with Crippen molar-refractivity contribution in [1.29, 1.82) is 0 Å². The molecule has 2 rings (SSSR count). The molecule has 0 radical (unpaired) electrons. The number of phenols is 1. The van der Waals surface area contributed by atoms with E-state index in [1.54, 1.807) is 25.1 Å². The topological polar surface area (TPSA) is 75.6 Å². The number of nitrogens with one attached hydrogen (secondary N) is 1. The summed E-state index contributed by atoms with van der Waals surface area (Å²) in [5.41, 5.74) is 1.18. The zero-order valence-corrected chi connectivity index (χ0v) is 11.9. The molecule has 0 bridgehead atoms. The predicted molar refractivity (Wildman–Crippen MR) is 76.6 cm³/mol. The molecule has 2 aromatic rings. The minimum absolute atomic E-state index is 0.0704. The van der Waals surface area contributed by atoms with Gasteiger partial charge in [0.15, 0.2) is 0 Å². The van der Waals surface area contributed by atoms with Crippen molar-refractivity contribution < 1.29 is 18.3 Å². The van der Waals surface area contributed by atoms with Crippen molar-refractivity contribution in [3.63, 3.8) is 0 Å². The summed E-state index contributed by atoms with van der Waals surface area (Å²) in [6, 6.07) is 10.7. The van der Waals surface area contributed by atoms with E-state index < -0.39 is 10.0 Å². The third-order valence-electron chi connectivity index (χ3n) is 2.73. The average molecular weight is 293 g/mol. The van der Waals surface area contributed by atoms with Crippen molar-refractivity contribution in [2.45, 2.75) is 11.8 Å². The number of aryl methyl sites for hydroxylation is 1. The Hall–Kier alpha value is -2.21. The summed E-state index contributed by atoms with van der Waals surface area (Å²) in [5.74, 6) is 0.350. The van der Waals surface area contributed by atoms with Crippen LogP contribution in [0.3, 0.4) is 0 Å². The summed E-state index contributed by atoms with van der Waals surface area (Å²) in [5, 5.41) is 9.19. The Morgan fingerprint density at radius 3 is 2.35 bits per heavy atom. The fraction of sp³-hybridized carbons (Fsp3) is 0.143. The van der Waals surface area contributed by atoms with Crippen LogP contribution in [-0.4, -0.2) is 20.6 Å². The van der Waals surface area contributed by atoms with Crippen LogP contribution < -0.4 is 9.46 Å². The number of rotatable bonds is 4. The molecule has 0 amide bonds. The smallest absolute Gasteiger partial charge is 0.265 e. The molecule has 106 valence electrons. The largest absolute Gasteiger partial charge is 0.508 e. The molecule has 0 aliphatic rings. The summed E-state index contributed by atoms with van der Waals surface area (Å²) in [7, 11) is -2.33.